The van der Waals surface area contributed by atoms with Crippen molar-refractivity contribution in [1.82, 2.24) is 14.5 Å². The lowest BCUT2D eigenvalue weighted by Gasteiger charge is -2.38. The van der Waals surface area contributed by atoms with Gasteiger partial charge >= 0.3 is 0 Å². The molecule has 4 aromatic rings. The van der Waals surface area contributed by atoms with Gasteiger partial charge in [0.2, 0.25) is 11.8 Å². The number of aromatic nitrogens is 2. The highest BCUT2D eigenvalue weighted by atomic mass is 16.2. The van der Waals surface area contributed by atoms with Gasteiger partial charge in [-0.3, -0.25) is 9.59 Å². The number of hydrogen-bond acceptors (Lipinski definition) is 3. The van der Waals surface area contributed by atoms with Crippen LogP contribution in [-0.4, -0.2) is 26.3 Å². The molecule has 2 amide bonds. The van der Waals surface area contributed by atoms with E-state index in [9.17, 15) is 9.59 Å². The van der Waals surface area contributed by atoms with Crippen LogP contribution in [0.4, 0.5) is 5.69 Å². The maximum absolute atomic E-state index is 13.9. The van der Waals surface area contributed by atoms with Gasteiger partial charge in [-0.15, -0.1) is 0 Å². The second kappa shape index (κ2) is 8.78. The van der Waals surface area contributed by atoms with E-state index >= 15 is 0 Å². The predicted octanol–water partition coefficient (Wildman–Crippen LogP) is 5.33. The number of fused-ring (bicyclic) bond motifs is 3. The van der Waals surface area contributed by atoms with Crippen LogP contribution in [0.5, 0.6) is 0 Å². The van der Waals surface area contributed by atoms with Gasteiger partial charge in [-0.05, 0) is 55.7 Å². The molecule has 6 heteroatoms. The van der Waals surface area contributed by atoms with Crippen LogP contribution in [0.15, 0.2) is 72.8 Å². The molecular weight excluding hydrogens is 424 g/mol. The molecule has 0 fully saturated rings. The van der Waals surface area contributed by atoms with Crippen molar-refractivity contribution in [3.63, 3.8) is 0 Å². The van der Waals surface area contributed by atoms with Crippen molar-refractivity contribution >= 4 is 28.5 Å². The fourth-order valence-corrected chi connectivity index (χ4v) is 4.75. The first-order chi connectivity index (χ1) is 16.4. The van der Waals surface area contributed by atoms with Gasteiger partial charge in [-0.25, -0.2) is 4.98 Å². The third kappa shape index (κ3) is 3.85. The molecule has 3 aromatic carbocycles. The molecule has 172 valence electrons. The Labute approximate surface area is 199 Å². The Morgan fingerprint density at radius 2 is 1.71 bits per heavy atom. The summed E-state index contributed by atoms with van der Waals surface area (Å²) < 4.78 is 1.96. The quantitative estimate of drug-likeness (QED) is 0.445. The van der Waals surface area contributed by atoms with Crippen molar-refractivity contribution in [2.45, 2.75) is 45.8 Å². The number of hydrogen-bond donors (Lipinski definition) is 1. The Kier molecular flexibility index (Phi) is 5.65. The number of rotatable bonds is 5. The largest absolute Gasteiger partial charge is 0.327 e. The van der Waals surface area contributed by atoms with E-state index in [4.69, 9.17) is 4.98 Å². The lowest BCUT2D eigenvalue weighted by molar-refractivity contribution is -0.142. The van der Waals surface area contributed by atoms with Crippen LogP contribution in [0, 0.1) is 13.8 Å². The monoisotopic (exact) mass is 452 g/mol. The molecule has 0 spiro atoms. The molecule has 34 heavy (non-hydrogen) atoms. The van der Waals surface area contributed by atoms with Crippen LogP contribution < -0.4 is 5.32 Å². The second-order valence-corrected chi connectivity index (χ2v) is 8.97. The standard InChI is InChI=1S/C28H28N4O2/c1-18-10-9-14-22(19(18)2)29-26(33)16-25-28(34)31(17-21-11-5-4-6-12-21)20(3)27-30-23-13-7-8-15-24(23)32(25)27/h4-15,20,25H,16-17H2,1-3H3,(H,29,33)/t20-,25-/m0/s1. The Hall–Kier alpha value is -3.93. The Morgan fingerprint density at radius 3 is 2.50 bits per heavy atom. The number of imidazole rings is 1. The molecule has 6 nitrogen and oxygen atoms in total. The molecular formula is C28H28N4O2. The topological polar surface area (TPSA) is 67.2 Å². The van der Waals surface area contributed by atoms with Crippen molar-refractivity contribution in [2.75, 3.05) is 5.32 Å². The summed E-state index contributed by atoms with van der Waals surface area (Å²) in [5.74, 6) is 0.550. The van der Waals surface area contributed by atoms with Gasteiger partial charge in [0.05, 0.1) is 23.5 Å². The second-order valence-electron chi connectivity index (χ2n) is 8.97. The molecule has 0 radical (unpaired) electrons. The fraction of sp³-hybridized carbons (Fsp3) is 0.250. The number of anilines is 1. The van der Waals surface area contributed by atoms with E-state index in [1.165, 1.54) is 0 Å². The zero-order chi connectivity index (χ0) is 23.8. The summed E-state index contributed by atoms with van der Waals surface area (Å²) in [7, 11) is 0. The molecule has 2 heterocycles. The molecule has 1 aliphatic rings. The van der Waals surface area contributed by atoms with Crippen molar-refractivity contribution in [3.05, 3.63) is 95.3 Å². The van der Waals surface area contributed by atoms with E-state index in [1.807, 2.05) is 103 Å². The van der Waals surface area contributed by atoms with Crippen molar-refractivity contribution in [1.29, 1.82) is 0 Å². The van der Waals surface area contributed by atoms with Crippen molar-refractivity contribution < 1.29 is 9.59 Å². The summed E-state index contributed by atoms with van der Waals surface area (Å²) in [5, 5.41) is 3.02. The summed E-state index contributed by atoms with van der Waals surface area (Å²) >= 11 is 0. The molecule has 0 bridgehead atoms. The molecule has 1 aliphatic heterocycles. The first kappa shape index (κ1) is 21.9. The Balaban J connectivity index is 1.51. The highest BCUT2D eigenvalue weighted by Crippen LogP contribution is 2.37. The van der Waals surface area contributed by atoms with Crippen LogP contribution in [0.3, 0.4) is 0 Å². The molecule has 1 aromatic heterocycles. The maximum Gasteiger partial charge on any atom is 0.247 e. The lowest BCUT2D eigenvalue weighted by atomic mass is 10.0. The van der Waals surface area contributed by atoms with Gasteiger partial charge in [-0.2, -0.15) is 0 Å². The summed E-state index contributed by atoms with van der Waals surface area (Å²) in [6, 6.07) is 22.7. The van der Waals surface area contributed by atoms with E-state index in [-0.39, 0.29) is 24.3 Å². The SMILES string of the molecule is Cc1cccc(NC(=O)C[C@H]2C(=O)N(Cc3ccccc3)[C@@H](C)c3nc4ccccc4n32)c1C. The van der Waals surface area contributed by atoms with Crippen LogP contribution >= 0.6 is 0 Å². The smallest absolute Gasteiger partial charge is 0.247 e. The minimum atomic E-state index is -0.660. The molecule has 5 rings (SSSR count). The minimum absolute atomic E-state index is 0.0393. The van der Waals surface area contributed by atoms with Gasteiger partial charge < -0.3 is 14.8 Å². The predicted molar refractivity (Wildman–Crippen MR) is 133 cm³/mol. The normalized spacial score (nSPS) is 17.6. The fourth-order valence-electron chi connectivity index (χ4n) is 4.75. The van der Waals surface area contributed by atoms with Crippen LogP contribution in [0.1, 0.15) is 47.9 Å². The first-order valence-electron chi connectivity index (χ1n) is 11.6. The molecule has 0 saturated carbocycles. The molecule has 0 aliphatic carbocycles. The molecule has 0 saturated heterocycles. The van der Waals surface area contributed by atoms with Crippen molar-refractivity contribution in [2.24, 2.45) is 0 Å². The first-order valence-corrected chi connectivity index (χ1v) is 11.6. The third-order valence-corrected chi connectivity index (χ3v) is 6.80. The number of carbonyl (C=O) groups is 2. The van der Waals surface area contributed by atoms with E-state index in [0.717, 1.165) is 39.2 Å². The molecule has 1 N–H and O–H groups in total. The highest BCUT2D eigenvalue weighted by Gasteiger charge is 2.40. The highest BCUT2D eigenvalue weighted by molar-refractivity contribution is 5.96. The van der Waals surface area contributed by atoms with E-state index in [1.54, 1.807) is 0 Å². The number of nitrogens with one attached hydrogen (secondary N) is 1. The third-order valence-electron chi connectivity index (χ3n) is 6.80. The number of benzene rings is 3. The summed E-state index contributed by atoms with van der Waals surface area (Å²) in [4.78, 5) is 33.7. The molecule has 0 unspecified atom stereocenters. The maximum atomic E-state index is 13.9. The van der Waals surface area contributed by atoms with Gasteiger partial charge in [0.1, 0.15) is 11.9 Å². The van der Waals surface area contributed by atoms with Gasteiger partial charge in [0.15, 0.2) is 0 Å². The van der Waals surface area contributed by atoms with Gasteiger partial charge in [0, 0.05) is 12.2 Å². The van der Waals surface area contributed by atoms with Gasteiger partial charge in [-0.1, -0.05) is 54.6 Å². The Bertz CT molecular complexity index is 1380. The van der Waals surface area contributed by atoms with Crippen LogP contribution in [0.25, 0.3) is 11.0 Å². The number of amides is 2. The summed E-state index contributed by atoms with van der Waals surface area (Å²) in [6.07, 6.45) is 0.0393. The number of nitrogens with zero attached hydrogens (tertiary/aromatic N) is 3. The lowest BCUT2D eigenvalue weighted by Crippen LogP contribution is -2.45. The average molecular weight is 453 g/mol. The van der Waals surface area contributed by atoms with E-state index in [0.29, 0.717) is 6.54 Å². The van der Waals surface area contributed by atoms with Crippen LogP contribution in [0.2, 0.25) is 0 Å². The molecule has 2 atom stereocenters. The zero-order valence-electron chi connectivity index (χ0n) is 19.7. The van der Waals surface area contributed by atoms with Gasteiger partial charge in [0.25, 0.3) is 0 Å². The minimum Gasteiger partial charge on any atom is -0.327 e. The van der Waals surface area contributed by atoms with E-state index in [2.05, 4.69) is 5.32 Å². The number of para-hydroxylation sites is 2. The number of aryl methyl sites for hydroxylation is 1. The van der Waals surface area contributed by atoms with Crippen LogP contribution in [-0.2, 0) is 16.1 Å². The summed E-state index contributed by atoms with van der Waals surface area (Å²) in [6.45, 7) is 6.48. The summed E-state index contributed by atoms with van der Waals surface area (Å²) in [5.41, 5.74) is 5.67. The average Bonchev–Trinajstić information content (AvgIpc) is 3.23. The Morgan fingerprint density at radius 1 is 0.971 bits per heavy atom. The number of carbonyl (C=O) groups excluding carboxylic acids is 2. The van der Waals surface area contributed by atoms with E-state index < -0.39 is 6.04 Å². The zero-order valence-corrected chi connectivity index (χ0v) is 19.7. The van der Waals surface area contributed by atoms with Crippen molar-refractivity contribution in [3.8, 4) is 0 Å².